The summed E-state index contributed by atoms with van der Waals surface area (Å²) in [5, 5.41) is 0. The second kappa shape index (κ2) is 42.3. The standard InChI is InChI=1S/C46H82NO8P/c1-3-5-7-9-11-13-15-17-19-21-23-24-26-28-30-32-34-36-38-45(48)52-42-44(43-54-56(50,51)53-41-40-47)55-46(49)39-37-35-33-31-29-27-25-22-20-18-16-14-12-10-8-6-4-2/h6,8,12,14,18,20,25,27,31,33,44H,3-5,7,9-11,13,15-17,19,21-24,26,28-30,32,34-43,47H2,1-2H3,(H,50,51)/b8-6-,14-12-,20-18-,27-25-,33-31-. The predicted molar refractivity (Wildman–Crippen MR) is 233 cm³/mol. The van der Waals surface area contributed by atoms with Crippen LogP contribution in [-0.2, 0) is 32.7 Å². The van der Waals surface area contributed by atoms with Gasteiger partial charge in [0.1, 0.15) is 6.61 Å². The van der Waals surface area contributed by atoms with Crippen LogP contribution in [0.4, 0.5) is 0 Å². The van der Waals surface area contributed by atoms with E-state index in [2.05, 4.69) is 68.5 Å². The quantitative estimate of drug-likeness (QED) is 0.0268. The molecule has 0 aliphatic rings. The van der Waals surface area contributed by atoms with Crippen LogP contribution in [0.5, 0.6) is 0 Å². The fraction of sp³-hybridized carbons (Fsp3) is 0.739. The Morgan fingerprint density at radius 2 is 0.982 bits per heavy atom. The van der Waals surface area contributed by atoms with E-state index in [9.17, 15) is 19.0 Å². The highest BCUT2D eigenvalue weighted by Crippen LogP contribution is 2.43. The fourth-order valence-corrected chi connectivity index (χ4v) is 6.67. The van der Waals surface area contributed by atoms with Gasteiger partial charge in [0, 0.05) is 19.4 Å². The summed E-state index contributed by atoms with van der Waals surface area (Å²) in [6.45, 7) is 3.56. The van der Waals surface area contributed by atoms with Gasteiger partial charge in [0.25, 0.3) is 0 Å². The van der Waals surface area contributed by atoms with Gasteiger partial charge in [0.15, 0.2) is 6.10 Å². The highest BCUT2D eigenvalue weighted by molar-refractivity contribution is 7.47. The van der Waals surface area contributed by atoms with Gasteiger partial charge in [-0.2, -0.15) is 0 Å². The van der Waals surface area contributed by atoms with Gasteiger partial charge in [-0.05, 0) is 51.4 Å². The maximum Gasteiger partial charge on any atom is 0.472 e. The van der Waals surface area contributed by atoms with Crippen LogP contribution in [0, 0.1) is 0 Å². The van der Waals surface area contributed by atoms with Crippen molar-refractivity contribution in [3.63, 3.8) is 0 Å². The number of hydrogen-bond donors (Lipinski definition) is 2. The highest BCUT2D eigenvalue weighted by Gasteiger charge is 2.25. The predicted octanol–water partition coefficient (Wildman–Crippen LogP) is 12.9. The van der Waals surface area contributed by atoms with Crippen LogP contribution in [0.25, 0.3) is 0 Å². The average Bonchev–Trinajstić information content (AvgIpc) is 3.18. The molecule has 0 amide bonds. The normalized spacial score (nSPS) is 13.9. The number of rotatable bonds is 41. The summed E-state index contributed by atoms with van der Waals surface area (Å²) < 4.78 is 32.7. The van der Waals surface area contributed by atoms with Crippen LogP contribution in [0.2, 0.25) is 0 Å². The molecule has 0 rings (SSSR count). The van der Waals surface area contributed by atoms with Gasteiger partial charge in [0.2, 0.25) is 0 Å². The Morgan fingerprint density at radius 1 is 0.554 bits per heavy atom. The summed E-state index contributed by atoms with van der Waals surface area (Å²) in [7, 11) is -4.39. The first-order chi connectivity index (χ1) is 27.3. The van der Waals surface area contributed by atoms with Gasteiger partial charge in [0.05, 0.1) is 13.2 Å². The smallest absolute Gasteiger partial charge is 0.462 e. The Morgan fingerprint density at radius 3 is 1.45 bits per heavy atom. The summed E-state index contributed by atoms with van der Waals surface area (Å²) in [5.41, 5.74) is 5.34. The van der Waals surface area contributed by atoms with Crippen molar-refractivity contribution >= 4 is 19.8 Å². The lowest BCUT2D eigenvalue weighted by atomic mass is 10.0. The minimum atomic E-state index is -4.39. The lowest BCUT2D eigenvalue weighted by Gasteiger charge is -2.19. The molecule has 9 nitrogen and oxygen atoms in total. The number of unbranched alkanes of at least 4 members (excludes halogenated alkanes) is 18. The molecule has 0 heterocycles. The van der Waals surface area contributed by atoms with Crippen molar-refractivity contribution in [2.75, 3.05) is 26.4 Å². The molecule has 0 aliphatic heterocycles. The molecular weight excluding hydrogens is 725 g/mol. The molecule has 0 saturated heterocycles. The first-order valence-corrected chi connectivity index (χ1v) is 23.8. The average molecular weight is 808 g/mol. The summed E-state index contributed by atoms with van der Waals surface area (Å²) in [5.74, 6) is -0.895. The summed E-state index contributed by atoms with van der Waals surface area (Å²) in [4.78, 5) is 34.9. The van der Waals surface area contributed by atoms with E-state index in [1.165, 1.54) is 96.3 Å². The highest BCUT2D eigenvalue weighted by atomic mass is 31.2. The largest absolute Gasteiger partial charge is 0.472 e. The minimum absolute atomic E-state index is 0.0429. The number of esters is 2. The van der Waals surface area contributed by atoms with E-state index in [1.54, 1.807) is 0 Å². The first-order valence-electron chi connectivity index (χ1n) is 22.3. The number of allylic oxidation sites excluding steroid dienone is 10. The zero-order valence-electron chi connectivity index (χ0n) is 35.6. The van der Waals surface area contributed by atoms with Crippen molar-refractivity contribution in [3.05, 3.63) is 60.8 Å². The van der Waals surface area contributed by atoms with Crippen molar-refractivity contribution in [1.29, 1.82) is 0 Å². The van der Waals surface area contributed by atoms with E-state index in [-0.39, 0.29) is 32.6 Å². The fourth-order valence-electron chi connectivity index (χ4n) is 5.91. The summed E-state index contributed by atoms with van der Waals surface area (Å²) in [6.07, 6.45) is 49.8. The molecule has 3 N–H and O–H groups in total. The number of nitrogens with two attached hydrogens (primary N) is 1. The molecular formula is C46H82NO8P. The molecule has 10 heteroatoms. The lowest BCUT2D eigenvalue weighted by molar-refractivity contribution is -0.161. The Hall–Kier alpha value is -2.29. The molecule has 0 aromatic carbocycles. The third-order valence-electron chi connectivity index (χ3n) is 9.17. The zero-order chi connectivity index (χ0) is 41.1. The maximum absolute atomic E-state index is 12.6. The van der Waals surface area contributed by atoms with Crippen LogP contribution >= 0.6 is 7.82 Å². The van der Waals surface area contributed by atoms with Crippen molar-refractivity contribution in [1.82, 2.24) is 0 Å². The van der Waals surface area contributed by atoms with Crippen molar-refractivity contribution in [3.8, 4) is 0 Å². The molecule has 0 bridgehead atoms. The Labute approximate surface area is 342 Å². The third kappa shape index (κ3) is 41.3. The van der Waals surface area contributed by atoms with E-state index in [0.29, 0.717) is 12.8 Å². The Kier molecular flexibility index (Phi) is 40.6. The molecule has 0 radical (unpaired) electrons. The van der Waals surface area contributed by atoms with Crippen LogP contribution in [0.1, 0.15) is 187 Å². The van der Waals surface area contributed by atoms with E-state index in [4.69, 9.17) is 24.3 Å². The molecule has 0 aliphatic carbocycles. The van der Waals surface area contributed by atoms with E-state index in [0.717, 1.165) is 51.4 Å². The molecule has 324 valence electrons. The molecule has 0 saturated carbocycles. The number of hydrogen-bond acceptors (Lipinski definition) is 8. The number of ether oxygens (including phenoxy) is 2. The number of carbonyl (C=O) groups excluding carboxylic acids is 2. The van der Waals surface area contributed by atoms with Crippen molar-refractivity contribution < 1.29 is 37.6 Å². The number of carbonyl (C=O) groups is 2. The minimum Gasteiger partial charge on any atom is -0.462 e. The third-order valence-corrected chi connectivity index (χ3v) is 10.2. The SMILES string of the molecule is CC/C=C\C/C=C\C/C=C\C/C=C\C/C=C\CCCC(=O)OC(COC(=O)CCCCCCCCCCCCCCCCCCCC)COP(=O)(O)OCCN. The molecule has 0 fully saturated rings. The molecule has 56 heavy (non-hydrogen) atoms. The van der Waals surface area contributed by atoms with Crippen LogP contribution in [0.15, 0.2) is 60.8 Å². The van der Waals surface area contributed by atoms with Gasteiger partial charge in [-0.1, -0.05) is 184 Å². The second-order valence-corrected chi connectivity index (χ2v) is 16.0. The second-order valence-electron chi connectivity index (χ2n) is 14.5. The van der Waals surface area contributed by atoms with Crippen LogP contribution in [0.3, 0.4) is 0 Å². The monoisotopic (exact) mass is 808 g/mol. The first kappa shape index (κ1) is 53.7. The molecule has 0 aromatic heterocycles. The van der Waals surface area contributed by atoms with E-state index in [1.807, 2.05) is 6.08 Å². The molecule has 0 spiro atoms. The van der Waals surface area contributed by atoms with Gasteiger partial charge in [-0.3, -0.25) is 18.6 Å². The van der Waals surface area contributed by atoms with Crippen molar-refractivity contribution in [2.24, 2.45) is 5.73 Å². The van der Waals surface area contributed by atoms with Gasteiger partial charge >= 0.3 is 19.8 Å². The maximum atomic E-state index is 12.6. The van der Waals surface area contributed by atoms with Gasteiger partial charge in [-0.15, -0.1) is 0 Å². The zero-order valence-corrected chi connectivity index (χ0v) is 36.5. The van der Waals surface area contributed by atoms with Crippen molar-refractivity contribution in [2.45, 2.75) is 193 Å². The van der Waals surface area contributed by atoms with Crippen LogP contribution < -0.4 is 5.73 Å². The van der Waals surface area contributed by atoms with E-state index < -0.39 is 32.5 Å². The molecule has 2 unspecified atom stereocenters. The molecule has 2 atom stereocenters. The number of phosphoric ester groups is 1. The Bertz CT molecular complexity index is 1100. The van der Waals surface area contributed by atoms with E-state index >= 15 is 0 Å². The Balaban J connectivity index is 4.21. The topological polar surface area (TPSA) is 134 Å². The lowest BCUT2D eigenvalue weighted by Crippen LogP contribution is -2.29. The summed E-state index contributed by atoms with van der Waals surface area (Å²) >= 11 is 0. The summed E-state index contributed by atoms with van der Waals surface area (Å²) in [6, 6.07) is 0. The van der Waals surface area contributed by atoms with Gasteiger partial charge < -0.3 is 20.1 Å². The van der Waals surface area contributed by atoms with Gasteiger partial charge in [-0.25, -0.2) is 4.57 Å². The van der Waals surface area contributed by atoms with Crippen LogP contribution in [-0.4, -0.2) is 49.3 Å². The molecule has 0 aromatic rings. The number of phosphoric acid groups is 1.